The Bertz CT molecular complexity index is 123. The maximum atomic E-state index is 6.00. The average molecular weight is 183 g/mol. The minimum absolute atomic E-state index is 0.432. The molecular formula is C12H25N. The first-order valence-corrected chi connectivity index (χ1v) is 5.95. The second kappa shape index (κ2) is 5.64. The summed E-state index contributed by atoms with van der Waals surface area (Å²) in [6.45, 7) is 4.44. The summed E-state index contributed by atoms with van der Waals surface area (Å²) in [6.07, 6.45) is 9.92. The largest absolute Gasteiger partial charge is 0.327 e. The van der Waals surface area contributed by atoms with Crippen LogP contribution < -0.4 is 5.73 Å². The summed E-state index contributed by atoms with van der Waals surface area (Å²) in [5.41, 5.74) is 6.00. The van der Waals surface area contributed by atoms with Crippen LogP contribution in [0.25, 0.3) is 0 Å². The molecule has 0 aromatic heterocycles. The van der Waals surface area contributed by atoms with E-state index in [0.29, 0.717) is 12.0 Å². The maximum Gasteiger partial charge on any atom is 0.00618 e. The molecular weight excluding hydrogens is 158 g/mol. The lowest BCUT2D eigenvalue weighted by atomic mass is 9.95. The first kappa shape index (κ1) is 11.0. The topological polar surface area (TPSA) is 26.0 Å². The summed E-state index contributed by atoms with van der Waals surface area (Å²) in [5, 5.41) is 0. The Morgan fingerprint density at radius 2 is 1.85 bits per heavy atom. The molecule has 1 aliphatic rings. The van der Waals surface area contributed by atoms with Crippen LogP contribution in [-0.2, 0) is 0 Å². The monoisotopic (exact) mass is 183 g/mol. The van der Waals surface area contributed by atoms with E-state index in [0.717, 1.165) is 5.92 Å². The molecule has 1 heteroatoms. The fourth-order valence-electron chi connectivity index (χ4n) is 2.27. The predicted molar refractivity (Wildman–Crippen MR) is 58.6 cm³/mol. The van der Waals surface area contributed by atoms with Gasteiger partial charge in [0.15, 0.2) is 0 Å². The molecule has 0 saturated heterocycles. The zero-order valence-corrected chi connectivity index (χ0v) is 9.26. The molecule has 1 atom stereocenters. The lowest BCUT2D eigenvalue weighted by molar-refractivity contribution is 0.407. The number of hydrogen-bond acceptors (Lipinski definition) is 1. The highest BCUT2D eigenvalue weighted by Gasteiger charge is 2.15. The van der Waals surface area contributed by atoms with Crippen molar-refractivity contribution >= 4 is 0 Å². The third-order valence-corrected chi connectivity index (χ3v) is 3.48. The lowest BCUT2D eigenvalue weighted by Gasteiger charge is -2.16. The molecule has 1 unspecified atom stereocenters. The Kier molecular flexibility index (Phi) is 4.79. The Hall–Kier alpha value is -0.0400. The number of hydrogen-bond donors (Lipinski definition) is 1. The van der Waals surface area contributed by atoms with E-state index in [1.54, 1.807) is 0 Å². The Morgan fingerprint density at radius 3 is 2.38 bits per heavy atom. The number of rotatable bonds is 5. The molecule has 0 aromatic rings. The fourth-order valence-corrected chi connectivity index (χ4v) is 2.27. The van der Waals surface area contributed by atoms with Crippen molar-refractivity contribution in [2.24, 2.45) is 17.6 Å². The molecule has 0 aromatic carbocycles. The van der Waals surface area contributed by atoms with E-state index < -0.39 is 0 Å². The van der Waals surface area contributed by atoms with E-state index >= 15 is 0 Å². The SMILES string of the molecule is CC(C)C(N)CCCC1CCCC1. The van der Waals surface area contributed by atoms with Gasteiger partial charge in [0.2, 0.25) is 0 Å². The average Bonchev–Trinajstić information content (AvgIpc) is 2.56. The van der Waals surface area contributed by atoms with Crippen molar-refractivity contribution in [1.29, 1.82) is 0 Å². The van der Waals surface area contributed by atoms with Crippen molar-refractivity contribution in [1.82, 2.24) is 0 Å². The second-order valence-electron chi connectivity index (χ2n) is 4.99. The van der Waals surface area contributed by atoms with Crippen LogP contribution in [0.3, 0.4) is 0 Å². The smallest absolute Gasteiger partial charge is 0.00618 e. The summed E-state index contributed by atoms with van der Waals surface area (Å²) in [7, 11) is 0. The molecule has 1 fully saturated rings. The van der Waals surface area contributed by atoms with Gasteiger partial charge in [-0.3, -0.25) is 0 Å². The first-order valence-electron chi connectivity index (χ1n) is 5.95. The van der Waals surface area contributed by atoms with Crippen LogP contribution in [0.1, 0.15) is 58.8 Å². The van der Waals surface area contributed by atoms with Gasteiger partial charge in [-0.25, -0.2) is 0 Å². The van der Waals surface area contributed by atoms with E-state index in [1.807, 2.05) is 0 Å². The zero-order chi connectivity index (χ0) is 9.68. The quantitative estimate of drug-likeness (QED) is 0.695. The van der Waals surface area contributed by atoms with E-state index in [1.165, 1.54) is 44.9 Å². The maximum absolute atomic E-state index is 6.00. The molecule has 0 radical (unpaired) electrons. The highest BCUT2D eigenvalue weighted by molar-refractivity contribution is 4.70. The summed E-state index contributed by atoms with van der Waals surface area (Å²) >= 11 is 0. The normalized spacial score (nSPS) is 21.2. The van der Waals surface area contributed by atoms with E-state index in [9.17, 15) is 0 Å². The molecule has 1 rings (SSSR count). The van der Waals surface area contributed by atoms with Crippen molar-refractivity contribution in [3.05, 3.63) is 0 Å². The highest BCUT2D eigenvalue weighted by atomic mass is 14.6. The minimum Gasteiger partial charge on any atom is -0.327 e. The van der Waals surface area contributed by atoms with Gasteiger partial charge in [0.25, 0.3) is 0 Å². The van der Waals surface area contributed by atoms with Gasteiger partial charge in [-0.05, 0) is 18.3 Å². The van der Waals surface area contributed by atoms with E-state index in [-0.39, 0.29) is 0 Å². The van der Waals surface area contributed by atoms with Crippen LogP contribution in [0.4, 0.5) is 0 Å². The Balaban J connectivity index is 1.99. The van der Waals surface area contributed by atoms with Crippen molar-refractivity contribution < 1.29 is 0 Å². The van der Waals surface area contributed by atoms with Crippen LogP contribution in [0.15, 0.2) is 0 Å². The molecule has 1 aliphatic carbocycles. The van der Waals surface area contributed by atoms with Crippen LogP contribution in [0.5, 0.6) is 0 Å². The zero-order valence-electron chi connectivity index (χ0n) is 9.26. The van der Waals surface area contributed by atoms with Gasteiger partial charge in [-0.15, -0.1) is 0 Å². The Labute approximate surface area is 83.1 Å². The molecule has 0 heterocycles. The summed E-state index contributed by atoms with van der Waals surface area (Å²) in [5.74, 6) is 1.70. The minimum atomic E-state index is 0.432. The van der Waals surface area contributed by atoms with Crippen LogP contribution >= 0.6 is 0 Å². The van der Waals surface area contributed by atoms with Crippen molar-refractivity contribution in [2.45, 2.75) is 64.8 Å². The van der Waals surface area contributed by atoms with Crippen molar-refractivity contribution in [3.8, 4) is 0 Å². The number of nitrogens with two attached hydrogens (primary N) is 1. The van der Waals surface area contributed by atoms with E-state index in [2.05, 4.69) is 13.8 Å². The summed E-state index contributed by atoms with van der Waals surface area (Å²) in [6, 6.07) is 0.432. The molecule has 1 nitrogen and oxygen atoms in total. The predicted octanol–water partition coefficient (Wildman–Crippen LogP) is 3.33. The molecule has 0 amide bonds. The molecule has 0 bridgehead atoms. The molecule has 0 aliphatic heterocycles. The lowest BCUT2D eigenvalue weighted by Crippen LogP contribution is -2.26. The molecule has 2 N–H and O–H groups in total. The van der Waals surface area contributed by atoms with Gasteiger partial charge >= 0.3 is 0 Å². The fraction of sp³-hybridized carbons (Fsp3) is 1.00. The molecule has 0 spiro atoms. The van der Waals surface area contributed by atoms with Crippen molar-refractivity contribution in [2.75, 3.05) is 0 Å². The van der Waals surface area contributed by atoms with Gasteiger partial charge in [0, 0.05) is 6.04 Å². The van der Waals surface area contributed by atoms with Crippen LogP contribution in [-0.4, -0.2) is 6.04 Å². The van der Waals surface area contributed by atoms with Gasteiger partial charge < -0.3 is 5.73 Å². The summed E-state index contributed by atoms with van der Waals surface area (Å²) in [4.78, 5) is 0. The van der Waals surface area contributed by atoms with Crippen molar-refractivity contribution in [3.63, 3.8) is 0 Å². The standard InChI is InChI=1S/C12H25N/c1-10(2)12(13)9-5-8-11-6-3-4-7-11/h10-12H,3-9,13H2,1-2H3. The highest BCUT2D eigenvalue weighted by Crippen LogP contribution is 2.29. The van der Waals surface area contributed by atoms with Gasteiger partial charge in [0.05, 0.1) is 0 Å². The second-order valence-corrected chi connectivity index (χ2v) is 4.99. The first-order chi connectivity index (χ1) is 6.20. The van der Waals surface area contributed by atoms with Gasteiger partial charge in [-0.2, -0.15) is 0 Å². The molecule has 1 saturated carbocycles. The van der Waals surface area contributed by atoms with Gasteiger partial charge in [0.1, 0.15) is 0 Å². The Morgan fingerprint density at radius 1 is 1.23 bits per heavy atom. The molecule has 13 heavy (non-hydrogen) atoms. The third kappa shape index (κ3) is 4.12. The van der Waals surface area contributed by atoms with Crippen LogP contribution in [0.2, 0.25) is 0 Å². The van der Waals surface area contributed by atoms with E-state index in [4.69, 9.17) is 5.73 Å². The van der Waals surface area contributed by atoms with Gasteiger partial charge in [-0.1, -0.05) is 52.4 Å². The van der Waals surface area contributed by atoms with Crippen LogP contribution in [0, 0.1) is 11.8 Å². The molecule has 78 valence electrons. The third-order valence-electron chi connectivity index (χ3n) is 3.48. The summed E-state index contributed by atoms with van der Waals surface area (Å²) < 4.78 is 0.